The normalized spacial score (nSPS) is 28.8. The number of amides is 1. The minimum atomic E-state index is -0.623. The largest absolute Gasteiger partial charge is 0.378 e. The molecule has 2 atom stereocenters. The van der Waals surface area contributed by atoms with E-state index in [0.29, 0.717) is 6.04 Å². The summed E-state index contributed by atoms with van der Waals surface area (Å²) >= 11 is 0. The van der Waals surface area contributed by atoms with Crippen LogP contribution in [0.15, 0.2) is 0 Å². The number of hydrogen-bond acceptors (Lipinski definition) is 3. The molecule has 14 heavy (non-hydrogen) atoms. The zero-order chi connectivity index (χ0) is 10.8. The third-order valence-corrected chi connectivity index (χ3v) is 2.67. The van der Waals surface area contributed by atoms with Crippen molar-refractivity contribution in [3.8, 4) is 0 Å². The van der Waals surface area contributed by atoms with Crippen LogP contribution in [0.25, 0.3) is 0 Å². The van der Waals surface area contributed by atoms with Crippen molar-refractivity contribution in [2.45, 2.75) is 51.3 Å². The molecule has 2 unspecified atom stereocenters. The second-order valence-electron chi connectivity index (χ2n) is 4.54. The van der Waals surface area contributed by atoms with Gasteiger partial charge in [0.1, 0.15) is 0 Å². The maximum absolute atomic E-state index is 11.1. The Labute approximate surface area is 85.2 Å². The molecule has 82 valence electrons. The molecule has 1 aliphatic heterocycles. The zero-order valence-corrected chi connectivity index (χ0v) is 9.17. The summed E-state index contributed by atoms with van der Waals surface area (Å²) in [7, 11) is 0. The topological polar surface area (TPSA) is 64.3 Å². The molecule has 0 aromatic heterocycles. The lowest BCUT2D eigenvalue weighted by atomic mass is 9.98. The van der Waals surface area contributed by atoms with Gasteiger partial charge in [-0.05, 0) is 33.6 Å². The molecule has 3 N–H and O–H groups in total. The highest BCUT2D eigenvalue weighted by molar-refractivity contribution is 5.83. The summed E-state index contributed by atoms with van der Waals surface area (Å²) in [4.78, 5) is 11.1. The van der Waals surface area contributed by atoms with Crippen LogP contribution in [0.5, 0.6) is 0 Å². The predicted molar refractivity (Wildman–Crippen MR) is 54.8 cm³/mol. The van der Waals surface area contributed by atoms with Crippen molar-refractivity contribution in [3.05, 3.63) is 0 Å². The van der Waals surface area contributed by atoms with Crippen molar-refractivity contribution < 1.29 is 9.53 Å². The monoisotopic (exact) mass is 200 g/mol. The predicted octanol–water partition coefficient (Wildman–Crippen LogP) is 0.407. The number of hydrogen-bond donors (Lipinski definition) is 2. The first-order valence-corrected chi connectivity index (χ1v) is 5.11. The molecule has 1 amide bonds. The molecule has 0 aromatic rings. The van der Waals surface area contributed by atoms with Crippen molar-refractivity contribution in [2.24, 2.45) is 5.73 Å². The molecule has 1 heterocycles. The number of nitrogens with two attached hydrogens (primary N) is 1. The highest BCUT2D eigenvalue weighted by atomic mass is 16.5. The van der Waals surface area contributed by atoms with E-state index in [4.69, 9.17) is 10.5 Å². The standard InChI is InChI=1S/C10H20N2O2/c1-7-6-8(4-5-14-7)12-10(2,3)9(11)13/h7-8,12H,4-6H2,1-3H3,(H2,11,13). The maximum atomic E-state index is 11.1. The number of nitrogens with one attached hydrogen (secondary N) is 1. The molecule has 0 aromatic carbocycles. The highest BCUT2D eigenvalue weighted by Gasteiger charge is 2.30. The van der Waals surface area contributed by atoms with Gasteiger partial charge < -0.3 is 15.8 Å². The van der Waals surface area contributed by atoms with E-state index in [0.717, 1.165) is 19.4 Å². The molecule has 0 saturated carbocycles. The van der Waals surface area contributed by atoms with Crippen LogP contribution in [0.3, 0.4) is 0 Å². The van der Waals surface area contributed by atoms with Gasteiger partial charge in [0.25, 0.3) is 0 Å². The fourth-order valence-corrected chi connectivity index (χ4v) is 1.71. The van der Waals surface area contributed by atoms with Gasteiger partial charge in [-0.25, -0.2) is 0 Å². The van der Waals surface area contributed by atoms with E-state index in [1.165, 1.54) is 0 Å². The fraction of sp³-hybridized carbons (Fsp3) is 0.900. The SMILES string of the molecule is CC1CC(NC(C)(C)C(N)=O)CCO1. The lowest BCUT2D eigenvalue weighted by Gasteiger charge is -2.34. The number of rotatable bonds is 3. The van der Waals surface area contributed by atoms with E-state index >= 15 is 0 Å². The third-order valence-electron chi connectivity index (χ3n) is 2.67. The Hall–Kier alpha value is -0.610. The number of primary amides is 1. The van der Waals surface area contributed by atoms with Crippen LogP contribution in [0, 0.1) is 0 Å². The van der Waals surface area contributed by atoms with E-state index in [2.05, 4.69) is 5.32 Å². The van der Waals surface area contributed by atoms with Crippen molar-refractivity contribution in [2.75, 3.05) is 6.61 Å². The molecule has 4 heteroatoms. The Morgan fingerprint density at radius 2 is 2.21 bits per heavy atom. The van der Waals surface area contributed by atoms with Crippen LogP contribution in [0.2, 0.25) is 0 Å². The van der Waals surface area contributed by atoms with Gasteiger partial charge in [-0.2, -0.15) is 0 Å². The molecule has 0 bridgehead atoms. The average molecular weight is 200 g/mol. The lowest BCUT2D eigenvalue weighted by Crippen LogP contribution is -2.56. The molecule has 1 aliphatic rings. The van der Waals surface area contributed by atoms with Gasteiger partial charge in [-0.3, -0.25) is 4.79 Å². The molecule has 0 spiro atoms. The first-order valence-electron chi connectivity index (χ1n) is 5.11. The smallest absolute Gasteiger partial charge is 0.237 e. The molecule has 0 aliphatic carbocycles. The van der Waals surface area contributed by atoms with Crippen LogP contribution in [0.4, 0.5) is 0 Å². The summed E-state index contributed by atoms with van der Waals surface area (Å²) in [6.07, 6.45) is 2.16. The van der Waals surface area contributed by atoms with Crippen molar-refractivity contribution in [3.63, 3.8) is 0 Å². The van der Waals surface area contributed by atoms with E-state index < -0.39 is 5.54 Å². The van der Waals surface area contributed by atoms with Crippen LogP contribution in [-0.4, -0.2) is 30.2 Å². The highest BCUT2D eigenvalue weighted by Crippen LogP contribution is 2.16. The van der Waals surface area contributed by atoms with Crippen LogP contribution in [0.1, 0.15) is 33.6 Å². The minimum absolute atomic E-state index is 0.268. The third kappa shape index (κ3) is 2.96. The Morgan fingerprint density at radius 1 is 1.57 bits per heavy atom. The molecule has 1 rings (SSSR count). The molecule has 4 nitrogen and oxygen atoms in total. The summed E-state index contributed by atoms with van der Waals surface area (Å²) in [5, 5.41) is 3.27. The van der Waals surface area contributed by atoms with Crippen LogP contribution >= 0.6 is 0 Å². The first kappa shape index (κ1) is 11.5. The average Bonchev–Trinajstić information content (AvgIpc) is 2.02. The van der Waals surface area contributed by atoms with Gasteiger partial charge in [-0.15, -0.1) is 0 Å². The van der Waals surface area contributed by atoms with Gasteiger partial charge in [0.05, 0.1) is 11.6 Å². The van der Waals surface area contributed by atoms with Gasteiger partial charge >= 0.3 is 0 Å². The Morgan fingerprint density at radius 3 is 2.71 bits per heavy atom. The molecule has 1 fully saturated rings. The molecular weight excluding hydrogens is 180 g/mol. The van der Waals surface area contributed by atoms with Crippen molar-refractivity contribution in [1.82, 2.24) is 5.32 Å². The van der Waals surface area contributed by atoms with E-state index in [9.17, 15) is 4.79 Å². The maximum Gasteiger partial charge on any atom is 0.237 e. The zero-order valence-electron chi connectivity index (χ0n) is 9.17. The number of carbonyl (C=O) groups excluding carboxylic acids is 1. The van der Waals surface area contributed by atoms with E-state index in [1.54, 1.807) is 0 Å². The van der Waals surface area contributed by atoms with Crippen molar-refractivity contribution in [1.29, 1.82) is 0 Å². The second kappa shape index (κ2) is 4.28. The van der Waals surface area contributed by atoms with Gasteiger partial charge in [0, 0.05) is 12.6 Å². The summed E-state index contributed by atoms with van der Waals surface area (Å²) in [6, 6.07) is 0.334. The molecular formula is C10H20N2O2. The quantitative estimate of drug-likeness (QED) is 0.693. The Kier molecular flexibility index (Phi) is 3.50. The Bertz CT molecular complexity index is 216. The van der Waals surface area contributed by atoms with Gasteiger partial charge in [0.15, 0.2) is 0 Å². The van der Waals surface area contributed by atoms with Crippen molar-refractivity contribution >= 4 is 5.91 Å². The second-order valence-corrected chi connectivity index (χ2v) is 4.54. The fourth-order valence-electron chi connectivity index (χ4n) is 1.71. The number of ether oxygens (including phenoxy) is 1. The van der Waals surface area contributed by atoms with Gasteiger partial charge in [-0.1, -0.05) is 0 Å². The van der Waals surface area contributed by atoms with E-state index in [-0.39, 0.29) is 12.0 Å². The number of carbonyl (C=O) groups is 1. The van der Waals surface area contributed by atoms with Crippen LogP contribution in [-0.2, 0) is 9.53 Å². The summed E-state index contributed by atoms with van der Waals surface area (Å²) in [6.45, 7) is 6.43. The summed E-state index contributed by atoms with van der Waals surface area (Å²) < 4.78 is 5.43. The molecule has 1 saturated heterocycles. The van der Waals surface area contributed by atoms with Crippen LogP contribution < -0.4 is 11.1 Å². The van der Waals surface area contributed by atoms with E-state index in [1.807, 2.05) is 20.8 Å². The summed E-state index contributed by atoms with van der Waals surface area (Å²) in [5.74, 6) is -0.309. The Balaban J connectivity index is 2.47. The van der Waals surface area contributed by atoms with Gasteiger partial charge in [0.2, 0.25) is 5.91 Å². The first-order chi connectivity index (χ1) is 6.42. The summed E-state index contributed by atoms with van der Waals surface area (Å²) in [5.41, 5.74) is 4.67. The lowest BCUT2D eigenvalue weighted by molar-refractivity contribution is -0.124. The molecule has 0 radical (unpaired) electrons. The minimum Gasteiger partial charge on any atom is -0.378 e.